The molecule has 0 saturated carbocycles. The number of carbonyl (C=O) groups is 1. The predicted octanol–water partition coefficient (Wildman–Crippen LogP) is 6.88. The second-order valence-electron chi connectivity index (χ2n) is 8.14. The summed E-state index contributed by atoms with van der Waals surface area (Å²) >= 11 is 0. The number of hydrogen-bond donors (Lipinski definition) is 1. The molecule has 0 aliphatic heterocycles. The van der Waals surface area contributed by atoms with Crippen molar-refractivity contribution in [3.8, 4) is 33.9 Å². The minimum Gasteiger partial charge on any atom is -0.439 e. The molecule has 3 aromatic carbocycles. The summed E-state index contributed by atoms with van der Waals surface area (Å²) in [6.07, 6.45) is 5.75. The molecule has 0 atom stereocenters. The number of anilines is 1. The Kier molecular flexibility index (Phi) is 6.63. The molecule has 5 rings (SSSR count). The van der Waals surface area contributed by atoms with Crippen LogP contribution in [-0.4, -0.2) is 20.9 Å². The number of carbonyl (C=O) groups excluding carboxylic acids is 1. The largest absolute Gasteiger partial charge is 0.439 e. The highest BCUT2D eigenvalue weighted by atomic mass is 19.1. The van der Waals surface area contributed by atoms with Gasteiger partial charge in [-0.05, 0) is 65.2 Å². The van der Waals surface area contributed by atoms with Crippen LogP contribution < -0.4 is 10.1 Å². The summed E-state index contributed by atoms with van der Waals surface area (Å²) in [5.74, 6) is -0.419. The lowest BCUT2D eigenvalue weighted by Gasteiger charge is -2.13. The summed E-state index contributed by atoms with van der Waals surface area (Å²) in [5, 5.41) is 3.47. The number of aromatic nitrogens is 3. The molecule has 0 bridgehead atoms. The van der Waals surface area contributed by atoms with Gasteiger partial charge in [0.15, 0.2) is 0 Å². The van der Waals surface area contributed by atoms with Crippen molar-refractivity contribution >= 4 is 22.5 Å². The zero-order valence-corrected chi connectivity index (χ0v) is 19.5. The molecule has 5 aromatic rings. The van der Waals surface area contributed by atoms with Gasteiger partial charge in [-0.1, -0.05) is 18.7 Å². The van der Waals surface area contributed by atoms with E-state index in [4.69, 9.17) is 4.74 Å². The monoisotopic (exact) mass is 494 g/mol. The van der Waals surface area contributed by atoms with E-state index in [9.17, 15) is 9.18 Å². The molecule has 0 radical (unpaired) electrons. The van der Waals surface area contributed by atoms with E-state index in [0.717, 1.165) is 16.5 Å². The third kappa shape index (κ3) is 5.18. The molecule has 0 saturated heterocycles. The first kappa shape index (κ1) is 23.7. The minimum absolute atomic E-state index is 0.177. The van der Waals surface area contributed by atoms with Crippen molar-refractivity contribution in [1.29, 1.82) is 0 Å². The first-order valence-electron chi connectivity index (χ1n) is 11.3. The molecule has 2 aromatic heterocycles. The Morgan fingerprint density at radius 3 is 2.70 bits per heavy atom. The van der Waals surface area contributed by atoms with Crippen molar-refractivity contribution < 1.29 is 18.3 Å². The number of hydrogen-bond acceptors (Lipinski definition) is 5. The van der Waals surface area contributed by atoms with E-state index in [0.29, 0.717) is 27.9 Å². The molecular formula is C29H20F2N4O2. The fourth-order valence-corrected chi connectivity index (χ4v) is 3.94. The molecule has 6 nitrogen and oxygen atoms in total. The second-order valence-corrected chi connectivity index (χ2v) is 8.14. The van der Waals surface area contributed by atoms with Gasteiger partial charge >= 0.3 is 0 Å². The first-order valence-corrected chi connectivity index (χ1v) is 11.3. The lowest BCUT2D eigenvalue weighted by atomic mass is 9.95. The van der Waals surface area contributed by atoms with E-state index in [2.05, 4.69) is 26.8 Å². The molecule has 8 heteroatoms. The summed E-state index contributed by atoms with van der Waals surface area (Å²) in [6, 6.07) is 18.4. The number of nitrogens with zero attached hydrogens (tertiary/aromatic N) is 3. The van der Waals surface area contributed by atoms with E-state index in [-0.39, 0.29) is 17.5 Å². The van der Waals surface area contributed by atoms with Crippen molar-refractivity contribution in [2.24, 2.45) is 0 Å². The van der Waals surface area contributed by atoms with Crippen molar-refractivity contribution in [2.45, 2.75) is 6.67 Å². The maximum atomic E-state index is 15.3. The van der Waals surface area contributed by atoms with Gasteiger partial charge in [0.1, 0.15) is 24.6 Å². The van der Waals surface area contributed by atoms with Crippen LogP contribution in [0.5, 0.6) is 11.6 Å². The van der Waals surface area contributed by atoms with E-state index >= 15 is 4.39 Å². The molecular weight excluding hydrogens is 474 g/mol. The molecule has 0 aliphatic carbocycles. The highest BCUT2D eigenvalue weighted by Crippen LogP contribution is 2.36. The van der Waals surface area contributed by atoms with Crippen LogP contribution in [0, 0.1) is 5.82 Å². The Morgan fingerprint density at radius 1 is 1.00 bits per heavy atom. The first-order chi connectivity index (χ1) is 18.0. The van der Waals surface area contributed by atoms with Gasteiger partial charge in [0.25, 0.3) is 0 Å². The number of halogens is 2. The summed E-state index contributed by atoms with van der Waals surface area (Å²) in [4.78, 5) is 24.4. The van der Waals surface area contributed by atoms with Crippen LogP contribution in [0.1, 0.15) is 5.56 Å². The minimum atomic E-state index is -0.649. The van der Waals surface area contributed by atoms with Gasteiger partial charge in [0.05, 0.1) is 5.52 Å². The van der Waals surface area contributed by atoms with E-state index < -0.39 is 12.5 Å². The molecule has 0 aliphatic rings. The number of ether oxygens (including phenoxy) is 1. The summed E-state index contributed by atoms with van der Waals surface area (Å²) in [5.41, 5.74) is 4.18. The lowest BCUT2D eigenvalue weighted by Crippen LogP contribution is -2.07. The van der Waals surface area contributed by atoms with Gasteiger partial charge < -0.3 is 10.1 Å². The van der Waals surface area contributed by atoms with Gasteiger partial charge in [-0.15, -0.1) is 0 Å². The van der Waals surface area contributed by atoms with Gasteiger partial charge in [0.2, 0.25) is 11.8 Å². The standard InChI is InChI=1S/C29H20F2N4O2/c1-2-27(36)35-22-5-3-4-19(12-22)25-13-20(11-21-16-32-17-34-29(21)25)24-7-6-23(14-26(24)31)37-28-10-18(15-30)8-9-33-28/h2-14,16-17H,1,15H2,(H,35,36). The number of nitrogens with one attached hydrogen (secondary N) is 1. The quantitative estimate of drug-likeness (QED) is 0.250. The van der Waals surface area contributed by atoms with Crippen LogP contribution in [0.4, 0.5) is 14.5 Å². The molecule has 2 heterocycles. The smallest absolute Gasteiger partial charge is 0.247 e. The molecule has 1 N–H and O–H groups in total. The summed E-state index contributed by atoms with van der Waals surface area (Å²) in [7, 11) is 0. The second kappa shape index (κ2) is 10.3. The number of pyridine rings is 1. The van der Waals surface area contributed by atoms with Crippen molar-refractivity contribution in [3.63, 3.8) is 0 Å². The van der Waals surface area contributed by atoms with Crippen LogP contribution in [0.25, 0.3) is 33.2 Å². The van der Waals surface area contributed by atoms with Crippen molar-refractivity contribution in [2.75, 3.05) is 5.32 Å². The normalized spacial score (nSPS) is 10.8. The molecule has 0 spiro atoms. The number of rotatable bonds is 7. The fraction of sp³-hybridized carbons (Fsp3) is 0.0345. The van der Waals surface area contributed by atoms with Gasteiger partial charge in [-0.3, -0.25) is 4.79 Å². The average Bonchev–Trinajstić information content (AvgIpc) is 2.92. The topological polar surface area (TPSA) is 77.0 Å². The number of benzene rings is 3. The van der Waals surface area contributed by atoms with Gasteiger partial charge in [0, 0.05) is 46.7 Å². The molecule has 37 heavy (non-hydrogen) atoms. The Hall–Kier alpha value is -4.98. The Bertz CT molecular complexity index is 1640. The van der Waals surface area contributed by atoms with E-state index in [1.807, 2.05) is 30.3 Å². The number of amides is 1. The summed E-state index contributed by atoms with van der Waals surface area (Å²) in [6.45, 7) is 2.83. The zero-order valence-electron chi connectivity index (χ0n) is 19.5. The van der Waals surface area contributed by atoms with E-state index in [1.165, 1.54) is 30.7 Å². The maximum absolute atomic E-state index is 15.3. The average molecular weight is 495 g/mol. The maximum Gasteiger partial charge on any atom is 0.247 e. The third-order valence-electron chi connectivity index (χ3n) is 5.66. The molecule has 0 unspecified atom stereocenters. The van der Waals surface area contributed by atoms with Gasteiger partial charge in [-0.25, -0.2) is 23.7 Å². The summed E-state index contributed by atoms with van der Waals surface area (Å²) < 4.78 is 33.9. The van der Waals surface area contributed by atoms with Gasteiger partial charge in [-0.2, -0.15) is 0 Å². The molecule has 0 fully saturated rings. The van der Waals surface area contributed by atoms with Crippen LogP contribution >= 0.6 is 0 Å². The lowest BCUT2D eigenvalue weighted by molar-refractivity contribution is -0.111. The van der Waals surface area contributed by atoms with Crippen LogP contribution in [-0.2, 0) is 11.5 Å². The molecule has 182 valence electrons. The molecule has 1 amide bonds. The van der Waals surface area contributed by atoms with Crippen LogP contribution in [0.3, 0.4) is 0 Å². The third-order valence-corrected chi connectivity index (χ3v) is 5.66. The fourth-order valence-electron chi connectivity index (χ4n) is 3.94. The highest BCUT2D eigenvalue weighted by Gasteiger charge is 2.14. The zero-order chi connectivity index (χ0) is 25.8. The number of fused-ring (bicyclic) bond motifs is 1. The van der Waals surface area contributed by atoms with Crippen molar-refractivity contribution in [3.05, 3.63) is 109 Å². The van der Waals surface area contributed by atoms with E-state index in [1.54, 1.807) is 30.5 Å². The number of alkyl halides is 1. The van der Waals surface area contributed by atoms with Crippen molar-refractivity contribution in [1.82, 2.24) is 15.0 Å². The SMILES string of the molecule is C=CC(=O)Nc1cccc(-c2cc(-c3ccc(Oc4cc(CF)ccn4)cc3F)cc3cncnc23)c1. The van der Waals surface area contributed by atoms with Crippen LogP contribution in [0.2, 0.25) is 0 Å². The highest BCUT2D eigenvalue weighted by molar-refractivity contribution is 6.01. The Balaban J connectivity index is 1.54. The Morgan fingerprint density at radius 2 is 1.89 bits per heavy atom. The van der Waals surface area contributed by atoms with Crippen LogP contribution in [0.15, 0.2) is 98.1 Å². The predicted molar refractivity (Wildman–Crippen MR) is 138 cm³/mol. The Labute approximate surface area is 211 Å².